The molecule has 4 saturated carbocycles. The predicted molar refractivity (Wildman–Crippen MR) is 86.8 cm³/mol. The molecule has 0 aliphatic heterocycles. The minimum absolute atomic E-state index is 0.657. The number of hydrogen-bond acceptors (Lipinski definition) is 1. The van der Waals surface area contributed by atoms with Crippen LogP contribution < -0.4 is 5.32 Å². The zero-order valence-electron chi connectivity index (χ0n) is 14.2. The van der Waals surface area contributed by atoms with Crippen molar-refractivity contribution in [2.45, 2.75) is 84.6 Å². The van der Waals surface area contributed by atoms with Crippen LogP contribution in [0, 0.1) is 28.6 Å². The molecule has 0 aromatic rings. The lowest BCUT2D eigenvalue weighted by molar-refractivity contribution is -0.118. The summed E-state index contributed by atoms with van der Waals surface area (Å²) in [5.74, 6) is 2.98. The first kappa shape index (κ1) is 14.9. The molecule has 4 fully saturated rings. The van der Waals surface area contributed by atoms with E-state index in [0.717, 1.165) is 23.8 Å². The fourth-order valence-electron chi connectivity index (χ4n) is 6.69. The molecule has 0 aromatic heterocycles. The van der Waals surface area contributed by atoms with Gasteiger partial charge in [0.2, 0.25) is 0 Å². The topological polar surface area (TPSA) is 12.0 Å². The highest BCUT2D eigenvalue weighted by Gasteiger charge is 2.57. The summed E-state index contributed by atoms with van der Waals surface area (Å²) < 4.78 is 0. The molecule has 0 radical (unpaired) electrons. The molecule has 20 heavy (non-hydrogen) atoms. The first-order valence-electron chi connectivity index (χ1n) is 9.12. The van der Waals surface area contributed by atoms with E-state index in [2.05, 4.69) is 33.1 Å². The molecule has 4 aliphatic carbocycles. The van der Waals surface area contributed by atoms with Gasteiger partial charge >= 0.3 is 0 Å². The highest BCUT2D eigenvalue weighted by molar-refractivity contribution is 5.09. The molecule has 0 amide bonds. The van der Waals surface area contributed by atoms with E-state index in [1.165, 1.54) is 51.4 Å². The molecule has 0 spiro atoms. The molecule has 4 rings (SSSR count). The van der Waals surface area contributed by atoms with E-state index in [0.29, 0.717) is 10.8 Å². The third-order valence-electron chi connectivity index (χ3n) is 6.76. The van der Waals surface area contributed by atoms with Gasteiger partial charge in [-0.2, -0.15) is 0 Å². The Hall–Kier alpha value is -0.0400. The smallest absolute Gasteiger partial charge is 0.0121 e. The van der Waals surface area contributed by atoms with Gasteiger partial charge in [0.05, 0.1) is 0 Å². The third kappa shape index (κ3) is 2.67. The molecule has 0 aromatic carbocycles. The van der Waals surface area contributed by atoms with Crippen LogP contribution in [-0.4, -0.2) is 13.1 Å². The van der Waals surface area contributed by atoms with Gasteiger partial charge in [-0.1, -0.05) is 33.6 Å². The van der Waals surface area contributed by atoms with Crippen molar-refractivity contribution < 1.29 is 0 Å². The fraction of sp³-hybridized carbons (Fsp3) is 1.00. The van der Waals surface area contributed by atoms with Crippen LogP contribution in [0.4, 0.5) is 0 Å². The van der Waals surface area contributed by atoms with Gasteiger partial charge < -0.3 is 5.32 Å². The number of rotatable bonds is 6. The quantitative estimate of drug-likeness (QED) is 0.720. The Morgan fingerprint density at radius 3 is 2.20 bits per heavy atom. The van der Waals surface area contributed by atoms with E-state index in [-0.39, 0.29) is 0 Å². The standard InChI is InChI=1S/C19H35N/c1-14(2)6-5-7-17(20-4)19-11-15-8-16(12-19)10-18(3,9-15)13-19/h14-17,20H,5-13H2,1-4H3. The summed E-state index contributed by atoms with van der Waals surface area (Å²) >= 11 is 0. The van der Waals surface area contributed by atoms with Crippen LogP contribution >= 0.6 is 0 Å². The molecule has 4 bridgehead atoms. The second-order valence-corrected chi connectivity index (χ2v) is 9.30. The SMILES string of the molecule is CNC(CCCC(C)C)C12CC3CC(CC(C)(C3)C1)C2. The van der Waals surface area contributed by atoms with Crippen LogP contribution in [-0.2, 0) is 0 Å². The van der Waals surface area contributed by atoms with Crippen LogP contribution in [0.15, 0.2) is 0 Å². The zero-order chi connectivity index (χ0) is 14.4. The molecule has 0 heterocycles. The number of hydrogen-bond donors (Lipinski definition) is 1. The molecule has 1 N–H and O–H groups in total. The van der Waals surface area contributed by atoms with Gasteiger partial charge in [-0.25, -0.2) is 0 Å². The van der Waals surface area contributed by atoms with Gasteiger partial charge in [-0.15, -0.1) is 0 Å². The Bertz CT molecular complexity index is 332. The molecule has 116 valence electrons. The molecule has 3 unspecified atom stereocenters. The fourth-order valence-corrected chi connectivity index (χ4v) is 6.69. The van der Waals surface area contributed by atoms with E-state index >= 15 is 0 Å². The minimum atomic E-state index is 0.657. The Labute approximate surface area is 126 Å². The first-order valence-corrected chi connectivity index (χ1v) is 9.12. The normalized spacial score (nSPS) is 44.2. The Morgan fingerprint density at radius 1 is 1.05 bits per heavy atom. The molecule has 1 heteroatoms. The van der Waals surface area contributed by atoms with E-state index < -0.39 is 0 Å². The van der Waals surface area contributed by atoms with Crippen LogP contribution in [0.3, 0.4) is 0 Å². The Balaban J connectivity index is 1.70. The van der Waals surface area contributed by atoms with Crippen molar-refractivity contribution in [2.75, 3.05) is 7.05 Å². The van der Waals surface area contributed by atoms with Crippen LogP contribution in [0.1, 0.15) is 78.6 Å². The summed E-state index contributed by atoms with van der Waals surface area (Å²) in [7, 11) is 2.22. The van der Waals surface area contributed by atoms with Crippen LogP contribution in [0.5, 0.6) is 0 Å². The lowest BCUT2D eigenvalue weighted by atomic mass is 9.43. The summed E-state index contributed by atoms with van der Waals surface area (Å²) in [5, 5.41) is 3.75. The largest absolute Gasteiger partial charge is 0.316 e. The third-order valence-corrected chi connectivity index (χ3v) is 6.76. The first-order chi connectivity index (χ1) is 9.45. The van der Waals surface area contributed by atoms with E-state index in [1.807, 2.05) is 0 Å². The van der Waals surface area contributed by atoms with Crippen molar-refractivity contribution >= 4 is 0 Å². The summed E-state index contributed by atoms with van der Waals surface area (Å²) in [6, 6.07) is 0.784. The van der Waals surface area contributed by atoms with E-state index in [9.17, 15) is 0 Å². The Morgan fingerprint density at radius 2 is 1.70 bits per heavy atom. The number of nitrogens with one attached hydrogen (secondary N) is 1. The lowest BCUT2D eigenvalue weighted by Crippen LogP contribution is -2.58. The monoisotopic (exact) mass is 277 g/mol. The van der Waals surface area contributed by atoms with E-state index in [1.54, 1.807) is 6.42 Å². The van der Waals surface area contributed by atoms with Gasteiger partial charge in [0.25, 0.3) is 0 Å². The molecular weight excluding hydrogens is 242 g/mol. The molecular formula is C19H35N. The lowest BCUT2D eigenvalue weighted by Gasteiger charge is -2.63. The predicted octanol–water partition coefficient (Wildman–Crippen LogP) is 5.01. The average molecular weight is 277 g/mol. The van der Waals surface area contributed by atoms with Crippen molar-refractivity contribution in [3.05, 3.63) is 0 Å². The minimum Gasteiger partial charge on any atom is -0.316 e. The van der Waals surface area contributed by atoms with Crippen molar-refractivity contribution in [3.63, 3.8) is 0 Å². The van der Waals surface area contributed by atoms with Crippen molar-refractivity contribution in [1.82, 2.24) is 5.32 Å². The maximum Gasteiger partial charge on any atom is 0.0121 e. The van der Waals surface area contributed by atoms with Gasteiger partial charge in [-0.05, 0) is 80.6 Å². The maximum absolute atomic E-state index is 3.75. The zero-order valence-corrected chi connectivity index (χ0v) is 14.2. The van der Waals surface area contributed by atoms with Crippen molar-refractivity contribution in [2.24, 2.45) is 28.6 Å². The average Bonchev–Trinajstić information content (AvgIpc) is 2.30. The highest BCUT2D eigenvalue weighted by Crippen LogP contribution is 2.66. The van der Waals surface area contributed by atoms with Crippen LogP contribution in [0.2, 0.25) is 0 Å². The second kappa shape index (κ2) is 5.30. The second-order valence-electron chi connectivity index (χ2n) is 9.30. The van der Waals surface area contributed by atoms with Gasteiger partial charge in [-0.3, -0.25) is 0 Å². The summed E-state index contributed by atoms with van der Waals surface area (Å²) in [6.45, 7) is 7.32. The van der Waals surface area contributed by atoms with Crippen molar-refractivity contribution in [1.29, 1.82) is 0 Å². The maximum atomic E-state index is 3.75. The van der Waals surface area contributed by atoms with Gasteiger partial charge in [0.15, 0.2) is 0 Å². The molecule has 1 nitrogen and oxygen atoms in total. The highest BCUT2D eigenvalue weighted by atomic mass is 14.9. The van der Waals surface area contributed by atoms with Crippen LogP contribution in [0.25, 0.3) is 0 Å². The van der Waals surface area contributed by atoms with Crippen molar-refractivity contribution in [3.8, 4) is 0 Å². The van der Waals surface area contributed by atoms with E-state index in [4.69, 9.17) is 0 Å². The summed E-state index contributed by atoms with van der Waals surface area (Å²) in [5.41, 5.74) is 1.35. The molecule has 3 atom stereocenters. The summed E-state index contributed by atoms with van der Waals surface area (Å²) in [4.78, 5) is 0. The molecule has 4 aliphatic rings. The summed E-state index contributed by atoms with van der Waals surface area (Å²) in [6.07, 6.45) is 13.4. The molecule has 0 saturated heterocycles. The van der Waals surface area contributed by atoms with Gasteiger partial charge in [0.1, 0.15) is 0 Å². The Kier molecular flexibility index (Phi) is 3.95. The van der Waals surface area contributed by atoms with Gasteiger partial charge in [0, 0.05) is 6.04 Å².